The van der Waals surface area contributed by atoms with Crippen molar-refractivity contribution in [2.24, 2.45) is 0 Å². The summed E-state index contributed by atoms with van der Waals surface area (Å²) < 4.78 is 82.1. The maximum atomic E-state index is 14.7. The molecule has 0 amide bonds. The van der Waals surface area contributed by atoms with Crippen molar-refractivity contribution < 1.29 is 46.2 Å². The third-order valence-electron chi connectivity index (χ3n) is 9.91. The number of terminal acetylenes is 1. The van der Waals surface area contributed by atoms with E-state index in [4.69, 9.17) is 30.7 Å². The summed E-state index contributed by atoms with van der Waals surface area (Å²) in [5.74, 6) is -0.371. The molecule has 0 spiro atoms. The highest BCUT2D eigenvalue weighted by atomic mass is 31.2. The van der Waals surface area contributed by atoms with E-state index in [-0.39, 0.29) is 47.7 Å². The number of aromatic nitrogens is 4. The van der Waals surface area contributed by atoms with E-state index in [1.807, 2.05) is 0 Å². The number of fused-ring (bicyclic) bond motifs is 1. The minimum Gasteiger partial charge on any atom is -0.465 e. The number of nitrogen functional groups attached to an aromatic ring is 1. The fourth-order valence-corrected chi connectivity index (χ4v) is 8.31. The maximum absolute atomic E-state index is 14.7. The van der Waals surface area contributed by atoms with Gasteiger partial charge in [-0.05, 0) is 42.7 Å². The zero-order valence-electron chi connectivity index (χ0n) is 32.7. The molecule has 17 heteroatoms. The summed E-state index contributed by atoms with van der Waals surface area (Å²) in [6, 6.07) is 9.19. The first kappa shape index (κ1) is 44.6. The number of aliphatic hydroxyl groups is 1. The minimum atomic E-state index is -4.68. The van der Waals surface area contributed by atoms with Crippen molar-refractivity contribution in [3.63, 3.8) is 0 Å². The van der Waals surface area contributed by atoms with Crippen LogP contribution in [-0.4, -0.2) is 61.6 Å². The Morgan fingerprint density at radius 2 is 1.67 bits per heavy atom. The molecule has 0 saturated carbocycles. The van der Waals surface area contributed by atoms with Crippen LogP contribution in [0, 0.1) is 30.1 Å². The van der Waals surface area contributed by atoms with Crippen LogP contribution < -0.4 is 15.3 Å². The third-order valence-corrected chi connectivity index (χ3v) is 11.5. The average molecular weight is 829 g/mol. The van der Waals surface area contributed by atoms with Crippen molar-refractivity contribution in [2.75, 3.05) is 18.9 Å². The van der Waals surface area contributed by atoms with E-state index in [0.717, 1.165) is 37.8 Å². The number of imidazole rings is 1. The van der Waals surface area contributed by atoms with Gasteiger partial charge in [-0.25, -0.2) is 18.3 Å². The Hall–Kier alpha value is -4.52. The van der Waals surface area contributed by atoms with Gasteiger partial charge in [-0.3, -0.25) is 13.9 Å². The molecule has 1 aliphatic heterocycles. The lowest BCUT2D eigenvalue weighted by atomic mass is 9.99. The third kappa shape index (κ3) is 12.5. The van der Waals surface area contributed by atoms with Crippen LogP contribution in [0.15, 0.2) is 54.9 Å². The Balaban J connectivity index is 1.27. The lowest BCUT2D eigenvalue weighted by molar-refractivity contribution is -0.146. The van der Waals surface area contributed by atoms with E-state index in [1.54, 1.807) is 18.2 Å². The molecule has 4 aromatic rings. The standard InChI is InChI=1S/C41H52F3N6O7P/c1-3-5-6-7-8-9-10-11-12-13-14-18-21-54-39(52)33(24-29-22-30(42)25-31(43)23-29)49-58(53,57-32-19-16-15-17-20-32)55-27-41(4-2)34(51)26-35(56-41)50-28-46-36-37(45)47-40(44)48-38(36)50/h2,15-17,19-20,22-23,25,28,33-35,51H,3,5-14,18,21,24,26-27H2,1H3,(H,49,53)(H2,45,47,48)/t33-,34-,35+,41+,58?/m0/s1. The second kappa shape index (κ2) is 21.5. The van der Waals surface area contributed by atoms with Crippen molar-refractivity contribution in [1.82, 2.24) is 24.6 Å². The minimum absolute atomic E-state index is 0.0191. The van der Waals surface area contributed by atoms with Crippen molar-refractivity contribution in [1.29, 1.82) is 0 Å². The van der Waals surface area contributed by atoms with Gasteiger partial charge in [0, 0.05) is 12.5 Å². The molecule has 5 atom stereocenters. The molecule has 13 nitrogen and oxygen atoms in total. The number of para-hydroxylation sites is 1. The monoisotopic (exact) mass is 828 g/mol. The van der Waals surface area contributed by atoms with Crippen LogP contribution in [0.4, 0.5) is 19.0 Å². The van der Waals surface area contributed by atoms with Gasteiger partial charge in [0.25, 0.3) is 0 Å². The molecule has 314 valence electrons. The van der Waals surface area contributed by atoms with Gasteiger partial charge in [0.2, 0.25) is 0 Å². The van der Waals surface area contributed by atoms with Gasteiger partial charge in [0.1, 0.15) is 42.4 Å². The van der Waals surface area contributed by atoms with Gasteiger partial charge in [0.05, 0.1) is 12.9 Å². The number of carbonyl (C=O) groups is 1. The van der Waals surface area contributed by atoms with E-state index in [0.29, 0.717) is 12.5 Å². The highest BCUT2D eigenvalue weighted by Gasteiger charge is 2.50. The predicted molar refractivity (Wildman–Crippen MR) is 212 cm³/mol. The first-order valence-corrected chi connectivity index (χ1v) is 21.4. The molecule has 0 aliphatic carbocycles. The number of esters is 1. The highest BCUT2D eigenvalue weighted by Crippen LogP contribution is 2.48. The normalized spacial score (nSPS) is 19.4. The summed E-state index contributed by atoms with van der Waals surface area (Å²) in [4.78, 5) is 25.0. The summed E-state index contributed by atoms with van der Waals surface area (Å²) in [7, 11) is -4.68. The van der Waals surface area contributed by atoms with Crippen LogP contribution in [0.5, 0.6) is 5.75 Å². The second-order valence-corrected chi connectivity index (χ2v) is 16.1. The number of hydrogen-bond acceptors (Lipinski definition) is 11. The maximum Gasteiger partial charge on any atom is 0.459 e. The number of rotatable bonds is 24. The fourth-order valence-electron chi connectivity index (χ4n) is 6.79. The van der Waals surface area contributed by atoms with Crippen LogP contribution in [0.25, 0.3) is 11.2 Å². The number of nitrogens with two attached hydrogens (primary N) is 1. The molecule has 58 heavy (non-hydrogen) atoms. The van der Waals surface area contributed by atoms with E-state index in [1.165, 1.54) is 68.0 Å². The molecule has 0 radical (unpaired) electrons. The summed E-state index contributed by atoms with van der Waals surface area (Å²) in [5, 5.41) is 13.8. The van der Waals surface area contributed by atoms with Crippen LogP contribution in [0.1, 0.15) is 102 Å². The number of nitrogens with zero attached hydrogens (tertiary/aromatic N) is 4. The van der Waals surface area contributed by atoms with Crippen molar-refractivity contribution in [2.45, 2.75) is 121 Å². The van der Waals surface area contributed by atoms with Crippen LogP contribution in [0.2, 0.25) is 0 Å². The Morgan fingerprint density at radius 3 is 2.31 bits per heavy atom. The zero-order chi connectivity index (χ0) is 41.5. The van der Waals surface area contributed by atoms with Crippen molar-refractivity contribution >= 4 is 30.7 Å². The van der Waals surface area contributed by atoms with Gasteiger partial charge in [-0.1, -0.05) is 102 Å². The molecule has 1 fully saturated rings. The summed E-state index contributed by atoms with van der Waals surface area (Å²) in [5.41, 5.74) is 3.99. The quantitative estimate of drug-likeness (QED) is 0.0204. The number of unbranched alkanes of at least 4 members (excludes halogenated alkanes) is 11. The van der Waals surface area contributed by atoms with E-state index in [2.05, 4.69) is 32.9 Å². The number of nitrogens with one attached hydrogen (secondary N) is 1. The molecule has 1 unspecified atom stereocenters. The smallest absolute Gasteiger partial charge is 0.459 e. The number of benzene rings is 2. The molecule has 5 rings (SSSR count). The lowest BCUT2D eigenvalue weighted by Crippen LogP contribution is -2.44. The van der Waals surface area contributed by atoms with Crippen molar-refractivity contribution in [3.05, 3.63) is 78.1 Å². The second-order valence-electron chi connectivity index (χ2n) is 14.5. The van der Waals surface area contributed by atoms with Gasteiger partial charge in [-0.15, -0.1) is 6.42 Å². The van der Waals surface area contributed by atoms with Crippen LogP contribution >= 0.6 is 7.75 Å². The van der Waals surface area contributed by atoms with Gasteiger partial charge >= 0.3 is 19.8 Å². The Morgan fingerprint density at radius 1 is 1.03 bits per heavy atom. The van der Waals surface area contributed by atoms with Gasteiger partial charge < -0.3 is 24.8 Å². The highest BCUT2D eigenvalue weighted by molar-refractivity contribution is 7.52. The molecule has 0 bridgehead atoms. The number of aliphatic hydroxyl groups excluding tert-OH is 1. The first-order valence-electron chi connectivity index (χ1n) is 19.8. The Kier molecular flexibility index (Phi) is 16.5. The largest absolute Gasteiger partial charge is 0.465 e. The fraction of sp³-hybridized carbons (Fsp3) is 0.512. The molecule has 2 aromatic carbocycles. The van der Waals surface area contributed by atoms with E-state index in [9.17, 15) is 27.6 Å². The number of carbonyl (C=O) groups excluding carboxylic acids is 1. The Labute approximate surface area is 336 Å². The first-order chi connectivity index (χ1) is 27.9. The number of anilines is 1. The number of hydrogen-bond donors (Lipinski definition) is 3. The summed E-state index contributed by atoms with van der Waals surface area (Å²) >= 11 is 0. The van der Waals surface area contributed by atoms with Crippen molar-refractivity contribution in [3.8, 4) is 18.1 Å². The van der Waals surface area contributed by atoms with E-state index < -0.39 is 62.0 Å². The summed E-state index contributed by atoms with van der Waals surface area (Å²) in [6.45, 7) is 1.52. The summed E-state index contributed by atoms with van der Waals surface area (Å²) in [6.07, 6.45) is 16.5. The van der Waals surface area contributed by atoms with Gasteiger partial charge in [0.15, 0.2) is 22.6 Å². The average Bonchev–Trinajstić information content (AvgIpc) is 3.76. The molecule has 4 N–H and O–H groups in total. The SMILES string of the molecule is C#C[C@]1(COP(=O)(N[C@@H](Cc2cc(F)cc(F)c2)C(=O)OCCCCCCCCCCCCCC)Oc2ccccc2)O[C@@H](n2cnc3c(N)nc(F)nc32)C[C@@H]1O. The molecular weight excluding hydrogens is 776 g/mol. The molecular formula is C41H52F3N6O7P. The predicted octanol–water partition coefficient (Wildman–Crippen LogP) is 8.13. The molecule has 1 saturated heterocycles. The Bertz CT molecular complexity index is 2020. The molecule has 2 aromatic heterocycles. The zero-order valence-corrected chi connectivity index (χ0v) is 33.6. The lowest BCUT2D eigenvalue weighted by Gasteiger charge is -2.30. The molecule has 1 aliphatic rings. The van der Waals surface area contributed by atoms with Crippen LogP contribution in [-0.2, 0) is 29.8 Å². The van der Waals surface area contributed by atoms with Gasteiger partial charge in [-0.2, -0.15) is 19.4 Å². The topological polar surface area (TPSA) is 173 Å². The number of halogens is 3. The number of ether oxygens (including phenoxy) is 2. The van der Waals surface area contributed by atoms with Crippen LogP contribution in [0.3, 0.4) is 0 Å². The van der Waals surface area contributed by atoms with E-state index >= 15 is 0 Å². The molecule has 3 heterocycles.